The second-order valence-electron chi connectivity index (χ2n) is 6.07. The molecule has 0 saturated carbocycles. The van der Waals surface area contributed by atoms with E-state index in [0.29, 0.717) is 24.7 Å². The summed E-state index contributed by atoms with van der Waals surface area (Å²) in [5.74, 6) is 0.856. The van der Waals surface area contributed by atoms with E-state index in [1.54, 1.807) is 0 Å². The third-order valence-electron chi connectivity index (χ3n) is 4.57. The number of hydrogen-bond acceptors (Lipinski definition) is 5. The molecule has 0 bridgehead atoms. The van der Waals surface area contributed by atoms with Crippen molar-refractivity contribution in [2.75, 3.05) is 26.2 Å². The van der Waals surface area contributed by atoms with Gasteiger partial charge >= 0.3 is 0 Å². The lowest BCUT2D eigenvalue weighted by Crippen LogP contribution is -2.44. The molecule has 1 atom stereocenters. The highest BCUT2D eigenvalue weighted by molar-refractivity contribution is 5.77. The average molecular weight is 292 g/mol. The van der Waals surface area contributed by atoms with Gasteiger partial charge in [0.15, 0.2) is 5.82 Å². The summed E-state index contributed by atoms with van der Waals surface area (Å²) in [7, 11) is 0. The lowest BCUT2D eigenvalue weighted by Gasteiger charge is -2.33. The molecule has 2 aliphatic heterocycles. The largest absolute Gasteiger partial charge is 0.338 e. The molecule has 3 heterocycles. The Kier molecular flexibility index (Phi) is 4.80. The molecule has 0 radical (unpaired) electrons. The summed E-state index contributed by atoms with van der Waals surface area (Å²) >= 11 is 0. The molecular weight excluding hydrogens is 268 g/mol. The van der Waals surface area contributed by atoms with Crippen molar-refractivity contribution in [3.05, 3.63) is 5.82 Å². The number of nitrogens with zero attached hydrogens (tertiary/aromatic N) is 5. The maximum atomic E-state index is 12.4. The number of aromatic amines is 1. The molecule has 7 nitrogen and oxygen atoms in total. The standard InChI is InChI=1S/C14H24N6O/c21-14(7-6-13-15-17-18-16-13)20-10-4-5-12(20)11-19-8-2-1-3-9-19/h12H,1-11H2,(H,15,16,17,18). The fraction of sp³-hybridized carbons (Fsp3) is 0.857. The molecule has 21 heavy (non-hydrogen) atoms. The first-order valence-electron chi connectivity index (χ1n) is 8.07. The summed E-state index contributed by atoms with van der Waals surface area (Å²) in [6.07, 6.45) is 7.29. The van der Waals surface area contributed by atoms with Crippen LogP contribution in [-0.4, -0.2) is 68.6 Å². The number of hydrogen-bond donors (Lipinski definition) is 1. The minimum Gasteiger partial charge on any atom is -0.338 e. The van der Waals surface area contributed by atoms with E-state index in [1.165, 1.54) is 32.4 Å². The van der Waals surface area contributed by atoms with Gasteiger partial charge in [-0.05, 0) is 38.8 Å². The minimum absolute atomic E-state index is 0.235. The van der Waals surface area contributed by atoms with E-state index in [2.05, 4.69) is 30.4 Å². The summed E-state index contributed by atoms with van der Waals surface area (Å²) in [4.78, 5) is 17.0. The lowest BCUT2D eigenvalue weighted by molar-refractivity contribution is -0.132. The van der Waals surface area contributed by atoms with Crippen LogP contribution in [0.5, 0.6) is 0 Å². The normalized spacial score (nSPS) is 23.6. The monoisotopic (exact) mass is 292 g/mol. The first-order chi connectivity index (χ1) is 10.3. The molecule has 7 heteroatoms. The van der Waals surface area contributed by atoms with Crippen LogP contribution in [0.4, 0.5) is 0 Å². The number of aromatic nitrogens is 4. The smallest absolute Gasteiger partial charge is 0.223 e. The second-order valence-corrected chi connectivity index (χ2v) is 6.07. The fourth-order valence-corrected chi connectivity index (χ4v) is 3.44. The van der Waals surface area contributed by atoms with Crippen molar-refractivity contribution in [2.45, 2.75) is 51.0 Å². The minimum atomic E-state index is 0.235. The maximum Gasteiger partial charge on any atom is 0.223 e. The molecule has 0 aliphatic carbocycles. The number of amides is 1. The van der Waals surface area contributed by atoms with E-state index in [1.807, 2.05) is 0 Å². The van der Waals surface area contributed by atoms with Crippen LogP contribution in [0.1, 0.15) is 44.3 Å². The maximum absolute atomic E-state index is 12.4. The van der Waals surface area contributed by atoms with Gasteiger partial charge in [-0.15, -0.1) is 10.2 Å². The van der Waals surface area contributed by atoms with Gasteiger partial charge in [-0.25, -0.2) is 0 Å². The van der Waals surface area contributed by atoms with Gasteiger partial charge < -0.3 is 9.80 Å². The van der Waals surface area contributed by atoms with Crippen molar-refractivity contribution in [1.29, 1.82) is 0 Å². The fourth-order valence-electron chi connectivity index (χ4n) is 3.44. The van der Waals surface area contributed by atoms with Crippen LogP contribution in [0.2, 0.25) is 0 Å². The van der Waals surface area contributed by atoms with Crippen LogP contribution >= 0.6 is 0 Å². The van der Waals surface area contributed by atoms with Crippen LogP contribution in [0.15, 0.2) is 0 Å². The average Bonchev–Trinajstić information content (AvgIpc) is 3.17. The van der Waals surface area contributed by atoms with Crippen molar-refractivity contribution in [3.63, 3.8) is 0 Å². The summed E-state index contributed by atoms with van der Waals surface area (Å²) in [5.41, 5.74) is 0. The van der Waals surface area contributed by atoms with Crippen LogP contribution in [0.25, 0.3) is 0 Å². The van der Waals surface area contributed by atoms with Crippen molar-refractivity contribution in [2.24, 2.45) is 0 Å². The van der Waals surface area contributed by atoms with Gasteiger partial charge in [0.25, 0.3) is 0 Å². The molecule has 1 aromatic rings. The third-order valence-corrected chi connectivity index (χ3v) is 4.57. The predicted octanol–water partition coefficient (Wildman–Crippen LogP) is 0.609. The van der Waals surface area contributed by atoms with E-state index in [-0.39, 0.29) is 5.91 Å². The van der Waals surface area contributed by atoms with Gasteiger partial charge in [-0.1, -0.05) is 11.6 Å². The number of likely N-dealkylation sites (tertiary alicyclic amines) is 2. The Labute approximate surface area is 125 Å². The van der Waals surface area contributed by atoms with Crippen LogP contribution in [0.3, 0.4) is 0 Å². The molecule has 1 amide bonds. The first kappa shape index (κ1) is 14.4. The number of H-pyrrole nitrogens is 1. The third kappa shape index (κ3) is 3.78. The number of nitrogens with one attached hydrogen (secondary N) is 1. The number of carbonyl (C=O) groups excluding carboxylic acids is 1. The van der Waals surface area contributed by atoms with E-state index in [4.69, 9.17) is 0 Å². The number of tetrazole rings is 1. The Morgan fingerprint density at radius 2 is 2.05 bits per heavy atom. The summed E-state index contributed by atoms with van der Waals surface area (Å²) in [6.45, 7) is 4.35. The first-order valence-corrected chi connectivity index (χ1v) is 8.07. The van der Waals surface area contributed by atoms with Crippen molar-refractivity contribution in [1.82, 2.24) is 30.4 Å². The molecule has 3 rings (SSSR count). The number of carbonyl (C=O) groups is 1. The number of piperidine rings is 1. The summed E-state index contributed by atoms with van der Waals surface area (Å²) in [6, 6.07) is 0.404. The topological polar surface area (TPSA) is 78.0 Å². The van der Waals surface area contributed by atoms with Crippen molar-refractivity contribution >= 4 is 5.91 Å². The van der Waals surface area contributed by atoms with E-state index in [9.17, 15) is 4.79 Å². The molecular formula is C14H24N6O. The summed E-state index contributed by atoms with van der Waals surface area (Å²) < 4.78 is 0. The SMILES string of the molecule is O=C(CCc1nn[nH]n1)N1CCCC1CN1CCCCC1. The molecule has 0 spiro atoms. The highest BCUT2D eigenvalue weighted by atomic mass is 16.2. The molecule has 0 aromatic carbocycles. The van der Waals surface area contributed by atoms with Gasteiger partial charge in [-0.3, -0.25) is 4.79 Å². The van der Waals surface area contributed by atoms with Gasteiger partial charge in [0, 0.05) is 32.0 Å². The van der Waals surface area contributed by atoms with Crippen molar-refractivity contribution in [3.8, 4) is 0 Å². The summed E-state index contributed by atoms with van der Waals surface area (Å²) in [5, 5.41) is 13.7. The van der Waals surface area contributed by atoms with E-state index in [0.717, 1.165) is 25.9 Å². The quantitative estimate of drug-likeness (QED) is 0.860. The lowest BCUT2D eigenvalue weighted by atomic mass is 10.1. The zero-order valence-corrected chi connectivity index (χ0v) is 12.5. The van der Waals surface area contributed by atoms with Crippen LogP contribution in [0, 0.1) is 0 Å². The molecule has 2 saturated heterocycles. The second kappa shape index (κ2) is 6.98. The zero-order valence-electron chi connectivity index (χ0n) is 12.5. The molecule has 116 valence electrons. The highest BCUT2D eigenvalue weighted by Crippen LogP contribution is 2.21. The zero-order chi connectivity index (χ0) is 14.5. The van der Waals surface area contributed by atoms with E-state index < -0.39 is 0 Å². The highest BCUT2D eigenvalue weighted by Gasteiger charge is 2.30. The van der Waals surface area contributed by atoms with Gasteiger partial charge in [-0.2, -0.15) is 5.21 Å². The molecule has 1 unspecified atom stereocenters. The predicted molar refractivity (Wildman–Crippen MR) is 77.5 cm³/mol. The number of aryl methyl sites for hydroxylation is 1. The molecule has 2 fully saturated rings. The molecule has 1 aromatic heterocycles. The van der Waals surface area contributed by atoms with Crippen molar-refractivity contribution < 1.29 is 4.79 Å². The van der Waals surface area contributed by atoms with Gasteiger partial charge in [0.2, 0.25) is 5.91 Å². The Morgan fingerprint density at radius 1 is 1.19 bits per heavy atom. The Balaban J connectivity index is 1.49. The number of rotatable bonds is 5. The van der Waals surface area contributed by atoms with E-state index >= 15 is 0 Å². The van der Waals surface area contributed by atoms with Gasteiger partial charge in [0.1, 0.15) is 0 Å². The Morgan fingerprint density at radius 3 is 2.81 bits per heavy atom. The molecule has 2 aliphatic rings. The Hall–Kier alpha value is -1.50. The molecule has 1 N–H and O–H groups in total. The van der Waals surface area contributed by atoms with Crippen LogP contribution < -0.4 is 0 Å². The van der Waals surface area contributed by atoms with Gasteiger partial charge in [0.05, 0.1) is 0 Å². The van der Waals surface area contributed by atoms with Crippen LogP contribution in [-0.2, 0) is 11.2 Å². The Bertz CT molecular complexity index is 442.